The van der Waals surface area contributed by atoms with Crippen molar-refractivity contribution in [2.45, 2.75) is 19.3 Å². The molecule has 0 aromatic carbocycles. The molecule has 1 heterocycles. The summed E-state index contributed by atoms with van der Waals surface area (Å²) in [6.45, 7) is 0. The van der Waals surface area contributed by atoms with E-state index in [-0.39, 0.29) is 0 Å². The van der Waals surface area contributed by atoms with E-state index in [0.717, 1.165) is 17.3 Å². The number of thiophene rings is 1. The zero-order valence-corrected chi connectivity index (χ0v) is 8.41. The molecule has 0 aliphatic heterocycles. The van der Waals surface area contributed by atoms with Gasteiger partial charge in [0.05, 0.1) is 6.07 Å². The van der Waals surface area contributed by atoms with E-state index >= 15 is 0 Å². The van der Waals surface area contributed by atoms with Crippen LogP contribution < -0.4 is 0 Å². The lowest BCUT2D eigenvalue weighted by Crippen LogP contribution is -1.77. The highest BCUT2D eigenvalue weighted by Crippen LogP contribution is 2.20. The molecule has 0 N–H and O–H groups in total. The maximum atomic E-state index is 8.29. The van der Waals surface area contributed by atoms with Gasteiger partial charge >= 0.3 is 0 Å². The van der Waals surface area contributed by atoms with Crippen LogP contribution in [0.1, 0.15) is 17.7 Å². The average Bonchev–Trinajstić information content (AvgIpc) is 2.37. The van der Waals surface area contributed by atoms with Crippen molar-refractivity contribution in [2.24, 2.45) is 0 Å². The smallest absolute Gasteiger partial charge is 0.0621 e. The monoisotopic (exact) mass is 229 g/mol. The predicted molar refractivity (Wildman–Crippen MR) is 50.6 cm³/mol. The van der Waals surface area contributed by atoms with Gasteiger partial charge in [0.25, 0.3) is 0 Å². The zero-order valence-electron chi connectivity index (χ0n) is 6.01. The fraction of sp³-hybridized carbons (Fsp3) is 0.375. The first-order valence-electron chi connectivity index (χ1n) is 3.43. The van der Waals surface area contributed by atoms with Gasteiger partial charge in [0.15, 0.2) is 0 Å². The molecule has 0 saturated heterocycles. The molecule has 0 bridgehead atoms. The highest BCUT2D eigenvalue weighted by Gasteiger charge is 1.96. The third kappa shape index (κ3) is 3.04. The highest BCUT2D eigenvalue weighted by atomic mass is 79.9. The Balaban J connectivity index is 2.34. The summed E-state index contributed by atoms with van der Waals surface area (Å²) in [6, 6.07) is 4.25. The van der Waals surface area contributed by atoms with Gasteiger partial charge in [-0.15, -0.1) is 11.3 Å². The number of nitrogens with zero attached hydrogens (tertiary/aromatic N) is 1. The fourth-order valence-electron chi connectivity index (χ4n) is 0.827. The van der Waals surface area contributed by atoms with Gasteiger partial charge in [0.1, 0.15) is 0 Å². The Morgan fingerprint density at radius 3 is 3.00 bits per heavy atom. The van der Waals surface area contributed by atoms with Gasteiger partial charge in [0.2, 0.25) is 0 Å². The molecule has 0 atom stereocenters. The van der Waals surface area contributed by atoms with E-state index in [0.29, 0.717) is 6.42 Å². The minimum Gasteiger partial charge on any atom is -0.198 e. The molecule has 1 aromatic heterocycles. The van der Waals surface area contributed by atoms with Gasteiger partial charge in [-0.3, -0.25) is 0 Å². The van der Waals surface area contributed by atoms with E-state index in [1.165, 1.54) is 4.88 Å². The van der Waals surface area contributed by atoms with Gasteiger partial charge in [-0.25, -0.2) is 0 Å². The number of aryl methyl sites for hydroxylation is 1. The lowest BCUT2D eigenvalue weighted by molar-refractivity contribution is 0.862. The second-order valence-electron chi connectivity index (χ2n) is 2.24. The topological polar surface area (TPSA) is 23.8 Å². The van der Waals surface area contributed by atoms with E-state index in [2.05, 4.69) is 33.4 Å². The standard InChI is InChI=1S/C8H8BrNS/c9-7-5-8(11-6-7)3-1-2-4-10/h5-6H,1-3H2. The predicted octanol–water partition coefficient (Wildman–Crippen LogP) is 3.36. The number of rotatable bonds is 3. The molecule has 0 radical (unpaired) electrons. The third-order valence-corrected chi connectivity index (χ3v) is 3.09. The van der Waals surface area contributed by atoms with E-state index in [9.17, 15) is 0 Å². The van der Waals surface area contributed by atoms with Crippen molar-refractivity contribution in [1.29, 1.82) is 5.26 Å². The Morgan fingerprint density at radius 1 is 1.64 bits per heavy atom. The number of hydrogen-bond donors (Lipinski definition) is 0. The van der Waals surface area contributed by atoms with Crippen LogP contribution in [0, 0.1) is 11.3 Å². The Kier molecular flexibility index (Phi) is 3.61. The minimum absolute atomic E-state index is 0.662. The number of nitriles is 1. The summed E-state index contributed by atoms with van der Waals surface area (Å²) in [5, 5.41) is 10.4. The molecule has 0 aliphatic carbocycles. The van der Waals surface area contributed by atoms with Crippen molar-refractivity contribution < 1.29 is 0 Å². The molecule has 1 aromatic rings. The normalized spacial score (nSPS) is 9.45. The molecule has 3 heteroatoms. The summed E-state index contributed by atoms with van der Waals surface area (Å²) in [4.78, 5) is 1.35. The van der Waals surface area contributed by atoms with Crippen LogP contribution in [0.2, 0.25) is 0 Å². The van der Waals surface area contributed by atoms with Crippen molar-refractivity contribution in [3.8, 4) is 6.07 Å². The van der Waals surface area contributed by atoms with E-state index in [1.807, 2.05) is 0 Å². The maximum absolute atomic E-state index is 8.29. The second-order valence-corrected chi connectivity index (χ2v) is 4.15. The third-order valence-electron chi connectivity index (χ3n) is 1.33. The molecule has 0 unspecified atom stereocenters. The van der Waals surface area contributed by atoms with Gasteiger partial charge in [-0.05, 0) is 34.8 Å². The summed E-state index contributed by atoms with van der Waals surface area (Å²) in [5.74, 6) is 0. The molecule has 1 rings (SSSR count). The van der Waals surface area contributed by atoms with E-state index < -0.39 is 0 Å². The van der Waals surface area contributed by atoms with Crippen LogP contribution in [0.25, 0.3) is 0 Å². The van der Waals surface area contributed by atoms with Crippen molar-refractivity contribution in [2.75, 3.05) is 0 Å². The molecule has 1 nitrogen and oxygen atoms in total. The lowest BCUT2D eigenvalue weighted by atomic mass is 10.2. The SMILES string of the molecule is N#CCCCc1cc(Br)cs1. The molecule has 0 aliphatic rings. The summed E-state index contributed by atoms with van der Waals surface area (Å²) in [7, 11) is 0. The summed E-state index contributed by atoms with van der Waals surface area (Å²) in [5.41, 5.74) is 0. The minimum atomic E-state index is 0.662. The first-order chi connectivity index (χ1) is 5.33. The Morgan fingerprint density at radius 2 is 2.45 bits per heavy atom. The van der Waals surface area contributed by atoms with Gasteiger partial charge in [-0.1, -0.05) is 0 Å². The quantitative estimate of drug-likeness (QED) is 0.730. The molecule has 0 amide bonds. The lowest BCUT2D eigenvalue weighted by Gasteiger charge is -1.89. The summed E-state index contributed by atoms with van der Waals surface area (Å²) < 4.78 is 1.15. The molecular formula is C8H8BrNS. The van der Waals surface area contributed by atoms with E-state index in [1.54, 1.807) is 11.3 Å². The van der Waals surface area contributed by atoms with Crippen molar-refractivity contribution >= 4 is 27.3 Å². The first-order valence-corrected chi connectivity index (χ1v) is 5.10. The van der Waals surface area contributed by atoms with Crippen molar-refractivity contribution in [3.05, 3.63) is 20.8 Å². The molecule has 0 spiro atoms. The number of hydrogen-bond acceptors (Lipinski definition) is 2. The van der Waals surface area contributed by atoms with Crippen LogP contribution in [-0.2, 0) is 6.42 Å². The maximum Gasteiger partial charge on any atom is 0.0621 e. The largest absolute Gasteiger partial charge is 0.198 e. The van der Waals surface area contributed by atoms with Crippen LogP contribution in [0.5, 0.6) is 0 Å². The van der Waals surface area contributed by atoms with Crippen molar-refractivity contribution in [3.63, 3.8) is 0 Å². The Hall–Kier alpha value is -0.330. The van der Waals surface area contributed by atoms with Gasteiger partial charge in [0, 0.05) is 21.2 Å². The van der Waals surface area contributed by atoms with Crippen molar-refractivity contribution in [1.82, 2.24) is 0 Å². The number of halogens is 1. The fourth-order valence-corrected chi connectivity index (χ4v) is 2.32. The molecule has 0 fully saturated rings. The first kappa shape index (κ1) is 8.76. The van der Waals surface area contributed by atoms with Gasteiger partial charge in [-0.2, -0.15) is 5.26 Å². The van der Waals surface area contributed by atoms with Crippen LogP contribution >= 0.6 is 27.3 Å². The van der Waals surface area contributed by atoms with Crippen LogP contribution in [-0.4, -0.2) is 0 Å². The van der Waals surface area contributed by atoms with E-state index in [4.69, 9.17) is 5.26 Å². The Labute approximate surface area is 78.8 Å². The average molecular weight is 230 g/mol. The molecule has 0 saturated carbocycles. The summed E-state index contributed by atoms with van der Waals surface area (Å²) >= 11 is 5.13. The van der Waals surface area contributed by atoms with Gasteiger partial charge < -0.3 is 0 Å². The molecule has 11 heavy (non-hydrogen) atoms. The van der Waals surface area contributed by atoms with Crippen LogP contribution in [0.4, 0.5) is 0 Å². The molecular weight excluding hydrogens is 222 g/mol. The Bertz CT molecular complexity index is 261. The molecule has 58 valence electrons. The zero-order chi connectivity index (χ0) is 8.10. The highest BCUT2D eigenvalue weighted by molar-refractivity contribution is 9.10. The van der Waals surface area contributed by atoms with Crippen LogP contribution in [0.3, 0.4) is 0 Å². The van der Waals surface area contributed by atoms with Crippen LogP contribution in [0.15, 0.2) is 15.9 Å². The number of unbranched alkanes of at least 4 members (excludes halogenated alkanes) is 1. The second kappa shape index (κ2) is 4.53. The summed E-state index contributed by atoms with van der Waals surface area (Å²) in [6.07, 6.45) is 2.67.